The highest BCUT2D eigenvalue weighted by Gasteiger charge is 2.05. The second kappa shape index (κ2) is 3.90. The van der Waals surface area contributed by atoms with Gasteiger partial charge in [-0.1, -0.05) is 22.0 Å². The zero-order valence-corrected chi connectivity index (χ0v) is 10.9. The van der Waals surface area contributed by atoms with Crippen LogP contribution in [0.3, 0.4) is 0 Å². The van der Waals surface area contributed by atoms with Gasteiger partial charge in [0, 0.05) is 4.47 Å². The number of nitrogen functional groups attached to an aromatic ring is 1. The van der Waals surface area contributed by atoms with Crippen molar-refractivity contribution in [2.24, 2.45) is 0 Å². The van der Waals surface area contributed by atoms with Gasteiger partial charge in [0.2, 0.25) is 0 Å². The van der Waals surface area contributed by atoms with E-state index in [0.29, 0.717) is 5.82 Å². The molecular formula is C9H7BrIN3. The van der Waals surface area contributed by atoms with Crippen LogP contribution in [0.2, 0.25) is 0 Å². The van der Waals surface area contributed by atoms with Crippen LogP contribution in [-0.4, -0.2) is 9.78 Å². The van der Waals surface area contributed by atoms with Crippen molar-refractivity contribution in [3.05, 3.63) is 38.5 Å². The first kappa shape index (κ1) is 9.97. The number of nitrogens with two attached hydrogens (primary N) is 1. The molecule has 5 heteroatoms. The summed E-state index contributed by atoms with van der Waals surface area (Å²) >= 11 is 5.57. The Morgan fingerprint density at radius 1 is 1.43 bits per heavy atom. The van der Waals surface area contributed by atoms with Gasteiger partial charge in [-0.05, 0) is 40.8 Å². The van der Waals surface area contributed by atoms with E-state index >= 15 is 0 Å². The van der Waals surface area contributed by atoms with E-state index in [1.165, 1.54) is 0 Å². The summed E-state index contributed by atoms with van der Waals surface area (Å²) in [6, 6.07) is 7.85. The van der Waals surface area contributed by atoms with Crippen molar-refractivity contribution in [3.8, 4) is 5.69 Å². The second-order valence-corrected chi connectivity index (χ2v) is 4.85. The summed E-state index contributed by atoms with van der Waals surface area (Å²) < 4.78 is 3.69. The van der Waals surface area contributed by atoms with Crippen LogP contribution in [0.5, 0.6) is 0 Å². The summed E-state index contributed by atoms with van der Waals surface area (Å²) in [6.07, 6.45) is 1.75. The molecule has 0 aliphatic rings. The molecule has 0 saturated carbocycles. The molecule has 0 unspecified atom stereocenters. The number of nitrogens with zero attached hydrogens (tertiary/aromatic N) is 2. The van der Waals surface area contributed by atoms with Crippen LogP contribution in [0.15, 0.2) is 34.9 Å². The second-order valence-electron chi connectivity index (χ2n) is 2.77. The van der Waals surface area contributed by atoms with Gasteiger partial charge in [0.25, 0.3) is 0 Å². The highest BCUT2D eigenvalue weighted by Crippen LogP contribution is 2.20. The van der Waals surface area contributed by atoms with E-state index in [0.717, 1.165) is 13.7 Å². The molecule has 2 aromatic rings. The third-order valence-electron chi connectivity index (χ3n) is 1.81. The number of hydrogen-bond donors (Lipinski definition) is 1. The normalized spacial score (nSPS) is 10.4. The van der Waals surface area contributed by atoms with E-state index in [1.807, 2.05) is 24.3 Å². The van der Waals surface area contributed by atoms with Gasteiger partial charge in [-0.2, -0.15) is 5.10 Å². The van der Waals surface area contributed by atoms with Crippen molar-refractivity contribution in [2.75, 3.05) is 5.73 Å². The van der Waals surface area contributed by atoms with Gasteiger partial charge in [-0.25, -0.2) is 4.68 Å². The largest absolute Gasteiger partial charge is 0.383 e. The van der Waals surface area contributed by atoms with Crippen molar-refractivity contribution in [1.82, 2.24) is 9.78 Å². The summed E-state index contributed by atoms with van der Waals surface area (Å²) in [5, 5.41) is 4.19. The fourth-order valence-corrected chi connectivity index (χ4v) is 1.89. The Morgan fingerprint density at radius 2 is 2.21 bits per heavy atom. The Balaban J connectivity index is 2.55. The van der Waals surface area contributed by atoms with Crippen LogP contribution in [0.25, 0.3) is 5.69 Å². The zero-order chi connectivity index (χ0) is 10.1. The van der Waals surface area contributed by atoms with Crippen molar-refractivity contribution >= 4 is 44.3 Å². The van der Waals surface area contributed by atoms with E-state index in [4.69, 9.17) is 5.73 Å². The quantitative estimate of drug-likeness (QED) is 0.792. The molecule has 72 valence electrons. The third kappa shape index (κ3) is 1.78. The highest BCUT2D eigenvalue weighted by atomic mass is 127. The number of rotatable bonds is 1. The van der Waals surface area contributed by atoms with Crippen molar-refractivity contribution in [3.63, 3.8) is 0 Å². The molecule has 14 heavy (non-hydrogen) atoms. The zero-order valence-electron chi connectivity index (χ0n) is 7.11. The molecule has 0 saturated heterocycles. The Kier molecular flexibility index (Phi) is 2.78. The van der Waals surface area contributed by atoms with Gasteiger partial charge < -0.3 is 5.73 Å². The minimum absolute atomic E-state index is 0.670. The van der Waals surface area contributed by atoms with E-state index in [9.17, 15) is 0 Å². The van der Waals surface area contributed by atoms with E-state index in [1.54, 1.807) is 10.9 Å². The minimum Gasteiger partial charge on any atom is -0.383 e. The maximum absolute atomic E-state index is 5.86. The predicted molar refractivity (Wildman–Crippen MR) is 68.4 cm³/mol. The molecule has 0 radical (unpaired) electrons. The number of anilines is 1. The lowest BCUT2D eigenvalue weighted by Gasteiger charge is -2.03. The first-order valence-electron chi connectivity index (χ1n) is 3.93. The molecule has 0 atom stereocenters. The first-order valence-corrected chi connectivity index (χ1v) is 5.80. The summed E-state index contributed by atoms with van der Waals surface area (Å²) in [4.78, 5) is 0. The fraction of sp³-hybridized carbons (Fsp3) is 0. The van der Waals surface area contributed by atoms with E-state index in [2.05, 4.69) is 43.6 Å². The van der Waals surface area contributed by atoms with E-state index in [-0.39, 0.29) is 0 Å². The molecule has 1 aromatic heterocycles. The molecule has 0 fully saturated rings. The molecule has 2 N–H and O–H groups in total. The van der Waals surface area contributed by atoms with Crippen LogP contribution in [0.4, 0.5) is 5.82 Å². The van der Waals surface area contributed by atoms with Crippen molar-refractivity contribution < 1.29 is 0 Å². The number of benzene rings is 1. The van der Waals surface area contributed by atoms with Gasteiger partial charge >= 0.3 is 0 Å². The standard InChI is InChI=1S/C9H7BrIN3/c10-6-2-1-3-7(4-6)14-9(12)8(11)5-13-14/h1-5H,12H2. The fourth-order valence-electron chi connectivity index (χ4n) is 1.15. The van der Waals surface area contributed by atoms with Crippen molar-refractivity contribution in [2.45, 2.75) is 0 Å². The molecule has 1 heterocycles. The van der Waals surface area contributed by atoms with Crippen LogP contribution in [0, 0.1) is 3.57 Å². The Hall–Kier alpha value is -0.560. The van der Waals surface area contributed by atoms with E-state index < -0.39 is 0 Å². The van der Waals surface area contributed by atoms with Gasteiger partial charge in [-0.3, -0.25) is 0 Å². The lowest BCUT2D eigenvalue weighted by Crippen LogP contribution is -2.01. The molecule has 0 bridgehead atoms. The summed E-state index contributed by atoms with van der Waals surface area (Å²) in [5.41, 5.74) is 6.82. The Bertz CT molecular complexity index is 467. The SMILES string of the molecule is Nc1c(I)cnn1-c1cccc(Br)c1. The lowest BCUT2D eigenvalue weighted by atomic mass is 10.3. The molecule has 0 spiro atoms. The molecular weight excluding hydrogens is 357 g/mol. The lowest BCUT2D eigenvalue weighted by molar-refractivity contribution is 0.890. The molecule has 2 rings (SSSR count). The predicted octanol–water partition coefficient (Wildman–Crippen LogP) is 2.82. The number of aromatic nitrogens is 2. The van der Waals surface area contributed by atoms with Gasteiger partial charge in [0.05, 0.1) is 15.5 Å². The number of halogens is 2. The Morgan fingerprint density at radius 3 is 2.79 bits per heavy atom. The summed E-state index contributed by atoms with van der Waals surface area (Å²) in [7, 11) is 0. The number of hydrogen-bond acceptors (Lipinski definition) is 2. The maximum Gasteiger partial charge on any atom is 0.140 e. The Labute approximate surface area is 104 Å². The molecule has 0 aliphatic carbocycles. The molecule has 0 amide bonds. The molecule has 0 aliphatic heterocycles. The molecule has 3 nitrogen and oxygen atoms in total. The average Bonchev–Trinajstić information content (AvgIpc) is 2.48. The van der Waals surface area contributed by atoms with Gasteiger partial charge in [0.1, 0.15) is 5.82 Å². The third-order valence-corrected chi connectivity index (χ3v) is 3.14. The van der Waals surface area contributed by atoms with Crippen molar-refractivity contribution in [1.29, 1.82) is 0 Å². The summed E-state index contributed by atoms with van der Waals surface area (Å²) in [6.45, 7) is 0. The van der Waals surface area contributed by atoms with Crippen LogP contribution in [0.1, 0.15) is 0 Å². The topological polar surface area (TPSA) is 43.8 Å². The first-order chi connectivity index (χ1) is 6.68. The minimum atomic E-state index is 0.670. The summed E-state index contributed by atoms with van der Waals surface area (Å²) in [5.74, 6) is 0.670. The van der Waals surface area contributed by atoms with Crippen LogP contribution < -0.4 is 5.73 Å². The van der Waals surface area contributed by atoms with Crippen LogP contribution in [-0.2, 0) is 0 Å². The van der Waals surface area contributed by atoms with Gasteiger partial charge in [0.15, 0.2) is 0 Å². The highest BCUT2D eigenvalue weighted by molar-refractivity contribution is 14.1. The van der Waals surface area contributed by atoms with Crippen LogP contribution >= 0.6 is 38.5 Å². The smallest absolute Gasteiger partial charge is 0.140 e. The monoisotopic (exact) mass is 363 g/mol. The van der Waals surface area contributed by atoms with Gasteiger partial charge in [-0.15, -0.1) is 0 Å². The average molecular weight is 364 g/mol. The maximum atomic E-state index is 5.86. The molecule has 1 aromatic carbocycles.